The SMILES string of the molecule is COCC1=C(C(=O)OC)[C@]2(C(=O)OC)[C@H]([C@@H]3O[C@@H]4[C@@H]5[C@@]6(C(=O)OC)[C@](C(=O)OC)(O3)[C@H]4O[C@]56COC)[C@@H]2O1. The first-order valence-corrected chi connectivity index (χ1v) is 11.9. The molecule has 7 rings (SSSR count). The minimum absolute atomic E-state index is 0.0211. The van der Waals surface area contributed by atoms with Crippen LogP contribution in [-0.4, -0.2) is 116 Å². The molecule has 0 aromatic heterocycles. The third-order valence-corrected chi connectivity index (χ3v) is 9.09. The van der Waals surface area contributed by atoms with Gasteiger partial charge in [-0.25, -0.2) is 9.59 Å². The Balaban J connectivity index is 1.44. The Morgan fingerprint density at radius 3 is 2.08 bits per heavy atom. The maximum Gasteiger partial charge on any atom is 0.342 e. The molecule has 0 radical (unpaired) electrons. The van der Waals surface area contributed by atoms with Crippen LogP contribution in [0.1, 0.15) is 0 Å². The lowest BCUT2D eigenvalue weighted by Gasteiger charge is -2.41. The maximum atomic E-state index is 13.5. The summed E-state index contributed by atoms with van der Waals surface area (Å²) in [5, 5.41) is 0. The van der Waals surface area contributed by atoms with Crippen molar-refractivity contribution < 1.29 is 66.5 Å². The van der Waals surface area contributed by atoms with Crippen LogP contribution in [0.3, 0.4) is 0 Å². The first-order chi connectivity index (χ1) is 18.2. The van der Waals surface area contributed by atoms with Gasteiger partial charge in [0.25, 0.3) is 0 Å². The second kappa shape index (κ2) is 7.88. The number of carbonyl (C=O) groups is 4. The van der Waals surface area contributed by atoms with Gasteiger partial charge >= 0.3 is 23.9 Å². The predicted molar refractivity (Wildman–Crippen MR) is 116 cm³/mol. The van der Waals surface area contributed by atoms with Crippen LogP contribution in [0.5, 0.6) is 0 Å². The molecule has 0 aromatic rings. The van der Waals surface area contributed by atoms with E-state index in [1.165, 1.54) is 42.7 Å². The molecule has 3 saturated carbocycles. The monoisotopic (exact) mass is 540 g/mol. The van der Waals surface area contributed by atoms with E-state index in [9.17, 15) is 19.2 Å². The van der Waals surface area contributed by atoms with Crippen molar-refractivity contribution in [2.24, 2.45) is 22.7 Å². The first kappa shape index (κ1) is 25.5. The Morgan fingerprint density at radius 1 is 0.816 bits per heavy atom. The van der Waals surface area contributed by atoms with E-state index in [1.54, 1.807) is 0 Å². The zero-order valence-corrected chi connectivity index (χ0v) is 21.6. The van der Waals surface area contributed by atoms with Crippen molar-refractivity contribution in [1.29, 1.82) is 0 Å². The van der Waals surface area contributed by atoms with E-state index in [1.807, 2.05) is 0 Å². The molecule has 38 heavy (non-hydrogen) atoms. The average molecular weight is 540 g/mol. The highest BCUT2D eigenvalue weighted by Crippen LogP contribution is 2.86. The van der Waals surface area contributed by atoms with Crippen LogP contribution in [-0.2, 0) is 66.5 Å². The molecule has 7 aliphatic rings. The maximum absolute atomic E-state index is 13.5. The Kier molecular flexibility index (Phi) is 5.29. The molecule has 0 amide bonds. The van der Waals surface area contributed by atoms with E-state index in [0.717, 1.165) is 0 Å². The van der Waals surface area contributed by atoms with E-state index in [0.29, 0.717) is 0 Å². The zero-order chi connectivity index (χ0) is 27.4. The molecule has 6 bridgehead atoms. The summed E-state index contributed by atoms with van der Waals surface area (Å²) in [6.07, 6.45) is -4.04. The third-order valence-electron chi connectivity index (χ3n) is 9.09. The lowest BCUT2D eigenvalue weighted by molar-refractivity contribution is -0.300. The van der Waals surface area contributed by atoms with Crippen LogP contribution in [0.4, 0.5) is 0 Å². The molecule has 0 spiro atoms. The quantitative estimate of drug-likeness (QED) is 0.245. The highest BCUT2D eigenvalue weighted by molar-refractivity contribution is 6.03. The van der Waals surface area contributed by atoms with Gasteiger partial charge in [-0.15, -0.1) is 0 Å². The Labute approximate surface area is 216 Å². The van der Waals surface area contributed by atoms with Crippen LogP contribution >= 0.6 is 0 Å². The molecule has 0 unspecified atom stereocenters. The number of hydrogen-bond donors (Lipinski definition) is 0. The van der Waals surface area contributed by atoms with E-state index in [2.05, 4.69) is 0 Å². The van der Waals surface area contributed by atoms with Gasteiger partial charge in [0.15, 0.2) is 17.1 Å². The molecule has 14 nitrogen and oxygen atoms in total. The smallest absolute Gasteiger partial charge is 0.342 e. The Hall–Kier alpha value is -2.78. The molecule has 0 aromatic carbocycles. The molecule has 208 valence electrons. The van der Waals surface area contributed by atoms with E-state index >= 15 is 0 Å². The number of fused-ring (bicyclic) bond motifs is 1. The van der Waals surface area contributed by atoms with Crippen molar-refractivity contribution in [3.05, 3.63) is 11.3 Å². The number of hydrogen-bond acceptors (Lipinski definition) is 14. The minimum Gasteiger partial charge on any atom is -0.490 e. The van der Waals surface area contributed by atoms with Gasteiger partial charge in [0.1, 0.15) is 30.2 Å². The highest BCUT2D eigenvalue weighted by atomic mass is 16.8. The molecule has 4 heterocycles. The normalized spacial score (nSPS) is 46.2. The fourth-order valence-corrected chi connectivity index (χ4v) is 7.95. The number of ether oxygens (including phenoxy) is 10. The van der Waals surface area contributed by atoms with Gasteiger partial charge in [0, 0.05) is 20.1 Å². The first-order valence-electron chi connectivity index (χ1n) is 11.9. The Bertz CT molecular complexity index is 1160. The topological polar surface area (TPSA) is 161 Å². The second-order valence-corrected chi connectivity index (χ2v) is 10.1. The van der Waals surface area contributed by atoms with Gasteiger partial charge in [-0.2, -0.15) is 0 Å². The summed E-state index contributed by atoms with van der Waals surface area (Å²) in [5.74, 6) is -4.64. The van der Waals surface area contributed by atoms with Crippen molar-refractivity contribution in [3.8, 4) is 0 Å². The van der Waals surface area contributed by atoms with Gasteiger partial charge < -0.3 is 47.4 Å². The number of esters is 4. The molecule has 14 heteroatoms. The lowest BCUT2D eigenvalue weighted by atomic mass is 9.81. The zero-order valence-electron chi connectivity index (χ0n) is 21.6. The number of carbonyl (C=O) groups excluding carboxylic acids is 4. The largest absolute Gasteiger partial charge is 0.490 e. The number of methoxy groups -OCH3 is 6. The summed E-state index contributed by atoms with van der Waals surface area (Å²) < 4.78 is 55.7. The van der Waals surface area contributed by atoms with E-state index < -0.39 is 82.3 Å². The van der Waals surface area contributed by atoms with Gasteiger partial charge in [-0.1, -0.05) is 0 Å². The minimum atomic E-state index is -1.95. The molecule has 6 fully saturated rings. The van der Waals surface area contributed by atoms with Gasteiger partial charge in [-0.3, -0.25) is 9.59 Å². The van der Waals surface area contributed by atoms with Crippen molar-refractivity contribution >= 4 is 23.9 Å². The van der Waals surface area contributed by atoms with Crippen LogP contribution in [0, 0.1) is 22.7 Å². The van der Waals surface area contributed by atoms with Crippen molar-refractivity contribution in [1.82, 2.24) is 0 Å². The average Bonchev–Trinajstić information content (AvgIpc) is 3.53. The molecule has 3 aliphatic carbocycles. The Morgan fingerprint density at radius 2 is 1.50 bits per heavy atom. The van der Waals surface area contributed by atoms with Crippen LogP contribution in [0.25, 0.3) is 0 Å². The summed E-state index contributed by atoms with van der Waals surface area (Å²) >= 11 is 0. The van der Waals surface area contributed by atoms with Crippen molar-refractivity contribution in [2.45, 2.75) is 35.8 Å². The standard InChI is InChI=1S/C24H28O14/c1-29-7-9-10(16(25)31-3)22(18(26)32-4)11(14(22)35-9)17-36-12-13-21(8-30-2)23(13,19(27)33-5)24(38-17,15(12)37-21)20(28)34-6/h11-15,17H,7-8H2,1-6H3/t11-,12+,13-,14-,15-,17+,21+,22-,23-,24-/m0/s1. The highest BCUT2D eigenvalue weighted by Gasteiger charge is 3.07. The fourth-order valence-electron chi connectivity index (χ4n) is 7.95. The fraction of sp³-hybridized carbons (Fsp3) is 0.750. The predicted octanol–water partition coefficient (Wildman–Crippen LogP) is -1.51. The van der Waals surface area contributed by atoms with Gasteiger partial charge in [-0.05, 0) is 0 Å². The third kappa shape index (κ3) is 2.31. The van der Waals surface area contributed by atoms with Crippen LogP contribution in [0.2, 0.25) is 0 Å². The molecule has 4 aliphatic heterocycles. The summed E-state index contributed by atoms with van der Waals surface area (Å²) in [6.45, 7) is -0.122. The number of rotatable bonds is 9. The van der Waals surface area contributed by atoms with E-state index in [4.69, 9.17) is 47.4 Å². The summed E-state index contributed by atoms with van der Waals surface area (Å²) in [5.41, 5.74) is -6.50. The van der Waals surface area contributed by atoms with Crippen molar-refractivity contribution in [3.63, 3.8) is 0 Å². The molecule has 0 N–H and O–H groups in total. The lowest BCUT2D eigenvalue weighted by Crippen LogP contribution is -2.63. The molecular formula is C24H28O14. The molecular weight excluding hydrogens is 512 g/mol. The van der Waals surface area contributed by atoms with Gasteiger partial charge in [0.2, 0.25) is 5.60 Å². The second-order valence-electron chi connectivity index (χ2n) is 10.1. The summed E-state index contributed by atoms with van der Waals surface area (Å²) in [6, 6.07) is 0. The summed E-state index contributed by atoms with van der Waals surface area (Å²) in [7, 11) is 7.56. The summed E-state index contributed by atoms with van der Waals surface area (Å²) in [4.78, 5) is 53.0. The van der Waals surface area contributed by atoms with E-state index in [-0.39, 0.29) is 24.5 Å². The van der Waals surface area contributed by atoms with Gasteiger partial charge in [0.05, 0.1) is 52.6 Å². The molecule has 3 saturated heterocycles. The molecule has 10 atom stereocenters. The van der Waals surface area contributed by atoms with Crippen LogP contribution in [0.15, 0.2) is 11.3 Å². The van der Waals surface area contributed by atoms with Crippen LogP contribution < -0.4 is 0 Å². The van der Waals surface area contributed by atoms with Crippen molar-refractivity contribution in [2.75, 3.05) is 55.9 Å².